The molecule has 0 bridgehead atoms. The topological polar surface area (TPSA) is 29.3 Å². The van der Waals surface area contributed by atoms with Gasteiger partial charge in [-0.15, -0.1) is 0 Å². The fraction of sp³-hybridized carbons (Fsp3) is 0.400. The van der Waals surface area contributed by atoms with E-state index in [2.05, 4.69) is 27.5 Å². The summed E-state index contributed by atoms with van der Waals surface area (Å²) in [4.78, 5) is 2.21. The van der Waals surface area contributed by atoms with Gasteiger partial charge >= 0.3 is 0 Å². The zero-order valence-electron chi connectivity index (χ0n) is 7.71. The minimum Gasteiger partial charge on any atom is -0.369 e. The van der Waals surface area contributed by atoms with E-state index in [1.54, 1.807) is 6.07 Å². The predicted octanol–water partition coefficient (Wildman–Crippen LogP) is 1.97. The highest BCUT2D eigenvalue weighted by atomic mass is 127. The van der Waals surface area contributed by atoms with Crippen LogP contribution in [0.15, 0.2) is 18.2 Å². The first-order chi connectivity index (χ1) is 6.66. The molecule has 0 spiro atoms. The fourth-order valence-corrected chi connectivity index (χ4v) is 2.56. The third-order valence-corrected chi connectivity index (χ3v) is 3.34. The van der Waals surface area contributed by atoms with Gasteiger partial charge in [-0.05, 0) is 47.2 Å². The Hall–Kier alpha value is -0.360. The van der Waals surface area contributed by atoms with Gasteiger partial charge < -0.3 is 10.6 Å². The Morgan fingerprint density at radius 3 is 2.86 bits per heavy atom. The van der Waals surface area contributed by atoms with Crippen LogP contribution in [-0.2, 0) is 0 Å². The first-order valence-corrected chi connectivity index (χ1v) is 5.70. The van der Waals surface area contributed by atoms with Crippen LogP contribution in [0.1, 0.15) is 6.42 Å². The standard InChI is InChI=1S/C10H12FIN2/c11-7-1-2-10(9(12)5-7)14-4-3-8(13)6-14/h1-2,5,8H,3-4,6,13H2. The van der Waals surface area contributed by atoms with E-state index in [9.17, 15) is 4.39 Å². The Morgan fingerprint density at radius 2 is 2.29 bits per heavy atom. The normalized spacial score (nSPS) is 21.6. The molecular weight excluding hydrogens is 294 g/mol. The molecule has 0 aliphatic carbocycles. The molecule has 1 aromatic rings. The minimum atomic E-state index is -0.179. The summed E-state index contributed by atoms with van der Waals surface area (Å²) < 4.78 is 13.8. The van der Waals surface area contributed by atoms with Crippen LogP contribution in [0.4, 0.5) is 10.1 Å². The van der Waals surface area contributed by atoms with Gasteiger partial charge in [0.2, 0.25) is 0 Å². The summed E-state index contributed by atoms with van der Waals surface area (Å²) in [6.45, 7) is 1.85. The van der Waals surface area contributed by atoms with Crippen molar-refractivity contribution < 1.29 is 4.39 Å². The third kappa shape index (κ3) is 2.00. The average Bonchev–Trinajstić information content (AvgIpc) is 2.51. The quantitative estimate of drug-likeness (QED) is 0.804. The highest BCUT2D eigenvalue weighted by molar-refractivity contribution is 14.1. The Balaban J connectivity index is 2.24. The predicted molar refractivity (Wildman–Crippen MR) is 63.9 cm³/mol. The summed E-state index contributed by atoms with van der Waals surface area (Å²) in [7, 11) is 0. The van der Waals surface area contributed by atoms with Gasteiger partial charge in [0.05, 0.1) is 5.69 Å². The Labute approximate surface area is 96.4 Å². The van der Waals surface area contributed by atoms with Crippen LogP contribution >= 0.6 is 22.6 Å². The molecule has 2 rings (SSSR count). The molecule has 4 heteroatoms. The van der Waals surface area contributed by atoms with Crippen molar-refractivity contribution >= 4 is 28.3 Å². The van der Waals surface area contributed by atoms with Crippen LogP contribution < -0.4 is 10.6 Å². The third-order valence-electron chi connectivity index (χ3n) is 2.48. The first kappa shape index (κ1) is 10.2. The minimum absolute atomic E-state index is 0.179. The van der Waals surface area contributed by atoms with Crippen molar-refractivity contribution in [3.8, 4) is 0 Å². The number of anilines is 1. The summed E-state index contributed by atoms with van der Waals surface area (Å²) in [5.41, 5.74) is 6.92. The monoisotopic (exact) mass is 306 g/mol. The number of nitrogens with two attached hydrogens (primary N) is 1. The Kier molecular flexibility index (Phi) is 2.92. The lowest BCUT2D eigenvalue weighted by Gasteiger charge is -2.19. The molecule has 0 saturated carbocycles. The lowest BCUT2D eigenvalue weighted by Crippen LogP contribution is -2.26. The Morgan fingerprint density at radius 1 is 1.50 bits per heavy atom. The molecular formula is C10H12FIN2. The maximum atomic E-state index is 12.9. The summed E-state index contributed by atoms with van der Waals surface area (Å²) in [5.74, 6) is -0.179. The van der Waals surface area contributed by atoms with Gasteiger partial charge in [0, 0.05) is 22.7 Å². The maximum absolute atomic E-state index is 12.9. The molecule has 1 atom stereocenters. The number of rotatable bonds is 1. The van der Waals surface area contributed by atoms with Gasteiger partial charge in [-0.3, -0.25) is 0 Å². The van der Waals surface area contributed by atoms with Gasteiger partial charge in [-0.1, -0.05) is 0 Å². The fourth-order valence-electron chi connectivity index (χ4n) is 1.74. The molecule has 1 aliphatic heterocycles. The molecule has 0 radical (unpaired) electrons. The van der Waals surface area contributed by atoms with E-state index >= 15 is 0 Å². The zero-order chi connectivity index (χ0) is 10.1. The van der Waals surface area contributed by atoms with E-state index in [0.717, 1.165) is 28.8 Å². The lowest BCUT2D eigenvalue weighted by molar-refractivity contribution is 0.626. The molecule has 1 aromatic carbocycles. The average molecular weight is 306 g/mol. The second-order valence-corrected chi connectivity index (χ2v) is 4.75. The van der Waals surface area contributed by atoms with Gasteiger partial charge in [-0.25, -0.2) is 4.39 Å². The zero-order valence-corrected chi connectivity index (χ0v) is 9.87. The van der Waals surface area contributed by atoms with Crippen LogP contribution in [0.5, 0.6) is 0 Å². The van der Waals surface area contributed by atoms with Crippen LogP contribution in [0, 0.1) is 9.39 Å². The van der Waals surface area contributed by atoms with Crippen LogP contribution in [0.3, 0.4) is 0 Å². The van der Waals surface area contributed by atoms with Crippen molar-refractivity contribution in [1.29, 1.82) is 0 Å². The van der Waals surface area contributed by atoms with E-state index in [-0.39, 0.29) is 11.9 Å². The summed E-state index contributed by atoms with van der Waals surface area (Å²) in [5, 5.41) is 0. The summed E-state index contributed by atoms with van der Waals surface area (Å²) >= 11 is 2.16. The van der Waals surface area contributed by atoms with Gasteiger partial charge in [0.1, 0.15) is 5.82 Å². The maximum Gasteiger partial charge on any atom is 0.124 e. The first-order valence-electron chi connectivity index (χ1n) is 4.62. The number of benzene rings is 1. The van der Waals surface area contributed by atoms with Crippen molar-refractivity contribution in [2.24, 2.45) is 5.73 Å². The van der Waals surface area contributed by atoms with Gasteiger partial charge in [-0.2, -0.15) is 0 Å². The van der Waals surface area contributed by atoms with Crippen molar-refractivity contribution in [2.75, 3.05) is 18.0 Å². The lowest BCUT2D eigenvalue weighted by atomic mass is 10.3. The molecule has 1 heterocycles. The van der Waals surface area contributed by atoms with Crippen molar-refractivity contribution in [1.82, 2.24) is 0 Å². The molecule has 0 amide bonds. The van der Waals surface area contributed by atoms with Crippen molar-refractivity contribution in [3.63, 3.8) is 0 Å². The van der Waals surface area contributed by atoms with Crippen molar-refractivity contribution in [3.05, 3.63) is 27.6 Å². The van der Waals surface area contributed by atoms with E-state index in [4.69, 9.17) is 5.73 Å². The highest BCUT2D eigenvalue weighted by Gasteiger charge is 2.20. The molecule has 1 aliphatic rings. The number of hydrogen-bond acceptors (Lipinski definition) is 2. The summed E-state index contributed by atoms with van der Waals surface area (Å²) in [6, 6.07) is 5.15. The molecule has 0 aromatic heterocycles. The molecule has 1 saturated heterocycles. The highest BCUT2D eigenvalue weighted by Crippen LogP contribution is 2.26. The number of hydrogen-bond donors (Lipinski definition) is 1. The smallest absolute Gasteiger partial charge is 0.124 e. The van der Waals surface area contributed by atoms with Crippen LogP contribution in [0.2, 0.25) is 0 Å². The number of nitrogens with zero attached hydrogens (tertiary/aromatic N) is 1. The van der Waals surface area contributed by atoms with Crippen LogP contribution in [-0.4, -0.2) is 19.1 Å². The second-order valence-electron chi connectivity index (χ2n) is 3.59. The van der Waals surface area contributed by atoms with E-state index in [1.165, 1.54) is 6.07 Å². The van der Waals surface area contributed by atoms with Crippen molar-refractivity contribution in [2.45, 2.75) is 12.5 Å². The van der Waals surface area contributed by atoms with E-state index in [1.807, 2.05) is 6.07 Å². The molecule has 1 fully saturated rings. The van der Waals surface area contributed by atoms with Gasteiger partial charge in [0.15, 0.2) is 0 Å². The molecule has 1 unspecified atom stereocenters. The molecule has 76 valence electrons. The van der Waals surface area contributed by atoms with Gasteiger partial charge in [0.25, 0.3) is 0 Å². The van der Waals surface area contributed by atoms with E-state index in [0.29, 0.717) is 0 Å². The largest absolute Gasteiger partial charge is 0.369 e. The Bertz CT molecular complexity index is 343. The molecule has 2 N–H and O–H groups in total. The SMILES string of the molecule is NC1CCN(c2ccc(F)cc2I)C1. The van der Waals surface area contributed by atoms with E-state index < -0.39 is 0 Å². The van der Waals surface area contributed by atoms with Crippen LogP contribution in [0.25, 0.3) is 0 Å². The number of halogens is 2. The molecule has 2 nitrogen and oxygen atoms in total. The second kappa shape index (κ2) is 4.02. The summed E-state index contributed by atoms with van der Waals surface area (Å²) in [6.07, 6.45) is 1.02. The molecule has 14 heavy (non-hydrogen) atoms.